The predicted octanol–water partition coefficient (Wildman–Crippen LogP) is 4.77. The van der Waals surface area contributed by atoms with Crippen molar-refractivity contribution in [1.82, 2.24) is 4.98 Å². The van der Waals surface area contributed by atoms with Gasteiger partial charge in [0.1, 0.15) is 11.6 Å². The number of ether oxygens (including phenoxy) is 1. The first-order valence-corrected chi connectivity index (χ1v) is 8.82. The van der Waals surface area contributed by atoms with Crippen LogP contribution in [-0.4, -0.2) is 27.9 Å². The molecule has 0 atom stereocenters. The summed E-state index contributed by atoms with van der Waals surface area (Å²) in [6.07, 6.45) is 1.75. The molecule has 0 unspecified atom stereocenters. The highest BCUT2D eigenvalue weighted by molar-refractivity contribution is 7.99. The predicted molar refractivity (Wildman–Crippen MR) is 92.9 cm³/mol. The second-order valence-electron chi connectivity index (χ2n) is 5.64. The number of pyridine rings is 1. The molecule has 0 spiro atoms. The first-order chi connectivity index (χ1) is 11.9. The summed E-state index contributed by atoms with van der Waals surface area (Å²) >= 11 is 0.974. The number of carboxylic acids is 1. The Morgan fingerprint density at radius 1 is 1.32 bits per heavy atom. The summed E-state index contributed by atoms with van der Waals surface area (Å²) in [5.74, 6) is -1.65. The molecule has 0 saturated heterocycles. The van der Waals surface area contributed by atoms with E-state index in [-0.39, 0.29) is 17.4 Å². The summed E-state index contributed by atoms with van der Waals surface area (Å²) in [6, 6.07) is 5.85. The van der Waals surface area contributed by atoms with Crippen LogP contribution < -0.4 is 4.74 Å². The Labute approximate surface area is 149 Å². The molecule has 2 rings (SSSR count). The van der Waals surface area contributed by atoms with Crippen molar-refractivity contribution in [1.29, 1.82) is 0 Å². The topological polar surface area (TPSA) is 59.4 Å². The summed E-state index contributed by atoms with van der Waals surface area (Å²) in [5.41, 5.74) is 0.852. The van der Waals surface area contributed by atoms with E-state index in [1.165, 1.54) is 12.1 Å². The van der Waals surface area contributed by atoms with E-state index < -0.39 is 17.6 Å². The van der Waals surface area contributed by atoms with Gasteiger partial charge in [-0.15, -0.1) is 11.8 Å². The number of halogens is 2. The van der Waals surface area contributed by atoms with Crippen LogP contribution in [0.2, 0.25) is 0 Å². The average Bonchev–Trinajstić information content (AvgIpc) is 2.53. The fraction of sp³-hybridized carbons (Fsp3) is 0.333. The summed E-state index contributed by atoms with van der Waals surface area (Å²) in [4.78, 5) is 14.5. The van der Waals surface area contributed by atoms with Crippen LogP contribution in [0.15, 0.2) is 35.4 Å². The Bertz CT molecular complexity index is 730. The van der Waals surface area contributed by atoms with Crippen molar-refractivity contribution in [2.24, 2.45) is 0 Å². The summed E-state index contributed by atoms with van der Waals surface area (Å²) in [7, 11) is 0. The standard InChI is InChI=1S/C18H19F2NO3S/c1-11(2)24-18-13(5-3-7-21-18)12-9-14(19)17(15(20)10-12)25-8-4-6-16(22)23/h3,5,7,9-11H,4,6,8H2,1-2H3,(H,22,23). The molecule has 25 heavy (non-hydrogen) atoms. The molecule has 0 aliphatic rings. The van der Waals surface area contributed by atoms with Gasteiger partial charge in [0.05, 0.1) is 11.0 Å². The third-order valence-corrected chi connectivity index (χ3v) is 4.38. The van der Waals surface area contributed by atoms with Gasteiger partial charge < -0.3 is 9.84 Å². The van der Waals surface area contributed by atoms with E-state index in [4.69, 9.17) is 9.84 Å². The van der Waals surface area contributed by atoms with Gasteiger partial charge in [0.25, 0.3) is 0 Å². The van der Waals surface area contributed by atoms with Crippen molar-refractivity contribution in [2.45, 2.75) is 37.7 Å². The van der Waals surface area contributed by atoms with Crippen LogP contribution in [0.5, 0.6) is 5.88 Å². The molecule has 1 heterocycles. The molecular formula is C18H19F2NO3S. The molecule has 4 nitrogen and oxygen atoms in total. The lowest BCUT2D eigenvalue weighted by Crippen LogP contribution is -2.08. The molecular weight excluding hydrogens is 348 g/mol. The zero-order valence-corrected chi connectivity index (χ0v) is 14.8. The maximum absolute atomic E-state index is 14.3. The molecule has 0 aliphatic carbocycles. The lowest BCUT2D eigenvalue weighted by Gasteiger charge is -2.14. The second-order valence-corrected chi connectivity index (χ2v) is 6.74. The van der Waals surface area contributed by atoms with Crippen LogP contribution in [0.1, 0.15) is 26.7 Å². The lowest BCUT2D eigenvalue weighted by atomic mass is 10.1. The molecule has 1 N–H and O–H groups in total. The Morgan fingerprint density at radius 2 is 2.00 bits per heavy atom. The van der Waals surface area contributed by atoms with Crippen molar-refractivity contribution in [2.75, 3.05) is 5.75 Å². The van der Waals surface area contributed by atoms with E-state index in [1.807, 2.05) is 13.8 Å². The van der Waals surface area contributed by atoms with Gasteiger partial charge in [0.2, 0.25) is 5.88 Å². The number of carbonyl (C=O) groups is 1. The van der Waals surface area contributed by atoms with E-state index in [0.717, 1.165) is 11.8 Å². The van der Waals surface area contributed by atoms with Crippen molar-refractivity contribution >= 4 is 17.7 Å². The van der Waals surface area contributed by atoms with E-state index >= 15 is 0 Å². The highest BCUT2D eigenvalue weighted by Crippen LogP contribution is 2.34. The minimum atomic E-state index is -0.925. The number of thioether (sulfide) groups is 1. The van der Waals surface area contributed by atoms with E-state index in [0.29, 0.717) is 29.2 Å². The van der Waals surface area contributed by atoms with Gasteiger partial charge in [0.15, 0.2) is 0 Å². The van der Waals surface area contributed by atoms with Gasteiger partial charge in [-0.05, 0) is 55.9 Å². The number of carboxylic acid groups (broad SMARTS) is 1. The molecule has 0 aliphatic heterocycles. The van der Waals surface area contributed by atoms with Crippen molar-refractivity contribution < 1.29 is 23.4 Å². The zero-order chi connectivity index (χ0) is 18.4. The maximum atomic E-state index is 14.3. The van der Waals surface area contributed by atoms with E-state index in [2.05, 4.69) is 4.98 Å². The smallest absolute Gasteiger partial charge is 0.303 e. The van der Waals surface area contributed by atoms with Gasteiger partial charge in [-0.1, -0.05) is 0 Å². The molecule has 134 valence electrons. The molecule has 0 saturated carbocycles. The number of hydrogen-bond acceptors (Lipinski definition) is 4. The third-order valence-electron chi connectivity index (χ3n) is 3.21. The van der Waals surface area contributed by atoms with Crippen molar-refractivity contribution in [3.63, 3.8) is 0 Å². The normalized spacial score (nSPS) is 10.9. The Kier molecular flexibility index (Phi) is 6.75. The molecule has 2 aromatic rings. The molecule has 0 amide bonds. The fourth-order valence-corrected chi connectivity index (χ4v) is 3.07. The van der Waals surface area contributed by atoms with Crippen molar-refractivity contribution in [3.05, 3.63) is 42.1 Å². The molecule has 0 bridgehead atoms. The minimum absolute atomic E-state index is 0.0279. The minimum Gasteiger partial charge on any atom is -0.481 e. The first-order valence-electron chi connectivity index (χ1n) is 7.84. The summed E-state index contributed by atoms with van der Waals surface area (Å²) in [6.45, 7) is 3.69. The molecule has 0 fully saturated rings. The van der Waals surface area contributed by atoms with Gasteiger partial charge >= 0.3 is 5.97 Å². The number of aromatic nitrogens is 1. The quantitative estimate of drug-likeness (QED) is 0.538. The van der Waals surface area contributed by atoms with Gasteiger partial charge in [-0.2, -0.15) is 0 Å². The van der Waals surface area contributed by atoms with Crippen molar-refractivity contribution in [3.8, 4) is 17.0 Å². The van der Waals surface area contributed by atoms with E-state index in [9.17, 15) is 13.6 Å². The van der Waals surface area contributed by atoms with Crippen LogP contribution in [0.4, 0.5) is 8.78 Å². The summed E-state index contributed by atoms with van der Waals surface area (Å²) in [5, 5.41) is 8.60. The summed E-state index contributed by atoms with van der Waals surface area (Å²) < 4.78 is 34.3. The maximum Gasteiger partial charge on any atom is 0.303 e. The van der Waals surface area contributed by atoms with Crippen LogP contribution >= 0.6 is 11.8 Å². The molecule has 1 aromatic heterocycles. The van der Waals surface area contributed by atoms with Gasteiger partial charge in [-0.3, -0.25) is 4.79 Å². The molecule has 7 heteroatoms. The second kappa shape index (κ2) is 8.80. The number of nitrogens with zero attached hydrogens (tertiary/aromatic N) is 1. The SMILES string of the molecule is CC(C)Oc1ncccc1-c1cc(F)c(SCCCC(=O)O)c(F)c1. The van der Waals surface area contributed by atoms with Crippen LogP contribution in [0.25, 0.3) is 11.1 Å². The Hall–Kier alpha value is -2.15. The molecule has 0 radical (unpaired) electrons. The Balaban J connectivity index is 2.23. The number of rotatable bonds is 8. The van der Waals surface area contributed by atoms with Gasteiger partial charge in [0, 0.05) is 18.2 Å². The van der Waals surface area contributed by atoms with E-state index in [1.54, 1.807) is 18.3 Å². The lowest BCUT2D eigenvalue weighted by molar-refractivity contribution is -0.137. The fourth-order valence-electron chi connectivity index (χ4n) is 2.18. The Morgan fingerprint density at radius 3 is 2.60 bits per heavy atom. The third kappa shape index (κ3) is 5.42. The van der Waals surface area contributed by atoms with Gasteiger partial charge in [-0.25, -0.2) is 13.8 Å². The first kappa shape index (κ1) is 19.2. The van der Waals surface area contributed by atoms with Crippen LogP contribution in [0.3, 0.4) is 0 Å². The zero-order valence-electron chi connectivity index (χ0n) is 14.0. The number of aliphatic carboxylic acids is 1. The number of benzene rings is 1. The molecule has 1 aromatic carbocycles. The largest absolute Gasteiger partial charge is 0.481 e. The van der Waals surface area contributed by atoms with Crippen LogP contribution in [-0.2, 0) is 4.79 Å². The average molecular weight is 367 g/mol. The monoisotopic (exact) mass is 367 g/mol. The number of hydrogen-bond donors (Lipinski definition) is 1. The highest BCUT2D eigenvalue weighted by Gasteiger charge is 2.16. The highest BCUT2D eigenvalue weighted by atomic mass is 32.2. The van der Waals surface area contributed by atoms with Crippen LogP contribution in [0, 0.1) is 11.6 Å².